The van der Waals surface area contributed by atoms with E-state index >= 15 is 0 Å². The lowest BCUT2D eigenvalue weighted by molar-refractivity contribution is 0.132. The fraction of sp³-hybridized carbons (Fsp3) is 0.389. The van der Waals surface area contributed by atoms with Gasteiger partial charge in [0.2, 0.25) is 5.28 Å². The van der Waals surface area contributed by atoms with Crippen molar-refractivity contribution in [3.8, 4) is 0 Å². The van der Waals surface area contributed by atoms with Gasteiger partial charge in [-0.3, -0.25) is 0 Å². The Bertz CT molecular complexity index is 739. The van der Waals surface area contributed by atoms with Gasteiger partial charge in [-0.1, -0.05) is 30.3 Å². The molecule has 1 heterocycles. The number of hydrogen-bond donors (Lipinski definition) is 2. The number of benzene rings is 1. The van der Waals surface area contributed by atoms with Crippen LogP contribution < -0.4 is 10.6 Å². The van der Waals surface area contributed by atoms with Crippen LogP contribution in [0.5, 0.6) is 0 Å². The third-order valence-corrected chi connectivity index (χ3v) is 4.50. The summed E-state index contributed by atoms with van der Waals surface area (Å²) in [5, 5.41) is 5.95. The molecule has 26 heavy (non-hydrogen) atoms. The number of alkyl carbamates (subject to hydrolysis) is 1. The first-order chi connectivity index (χ1) is 12.6. The lowest BCUT2D eigenvalue weighted by Gasteiger charge is -2.29. The van der Waals surface area contributed by atoms with Gasteiger partial charge >= 0.3 is 6.09 Å². The van der Waals surface area contributed by atoms with E-state index in [0.29, 0.717) is 0 Å². The third-order valence-electron chi connectivity index (χ3n) is 4.32. The maximum atomic E-state index is 13.7. The molecule has 0 radical (unpaired) electrons. The number of amides is 1. The summed E-state index contributed by atoms with van der Waals surface area (Å²) >= 11 is 5.70. The van der Waals surface area contributed by atoms with Crippen LogP contribution in [0.2, 0.25) is 5.28 Å². The van der Waals surface area contributed by atoms with Crippen molar-refractivity contribution in [2.24, 2.45) is 0 Å². The van der Waals surface area contributed by atoms with Crippen molar-refractivity contribution in [1.29, 1.82) is 0 Å². The highest BCUT2D eigenvalue weighted by atomic mass is 35.5. The molecule has 1 aliphatic rings. The predicted octanol–water partition coefficient (Wildman–Crippen LogP) is 3.92. The molecule has 0 aliphatic heterocycles. The molecule has 8 heteroatoms. The van der Waals surface area contributed by atoms with Crippen LogP contribution in [0.25, 0.3) is 0 Å². The molecule has 3 rings (SSSR count). The highest BCUT2D eigenvalue weighted by Gasteiger charge is 2.24. The van der Waals surface area contributed by atoms with Crippen LogP contribution in [0.15, 0.2) is 36.5 Å². The Labute approximate surface area is 156 Å². The van der Waals surface area contributed by atoms with Crippen molar-refractivity contribution >= 4 is 23.5 Å². The molecule has 1 saturated carbocycles. The fourth-order valence-corrected chi connectivity index (χ4v) is 3.09. The minimum Gasteiger partial charge on any atom is -0.445 e. The highest BCUT2D eigenvalue weighted by molar-refractivity contribution is 6.28. The average molecular weight is 379 g/mol. The Morgan fingerprint density at radius 3 is 2.62 bits per heavy atom. The number of nitrogens with one attached hydrogen (secondary N) is 2. The Balaban J connectivity index is 1.40. The normalized spacial score (nSPS) is 19.6. The number of halogens is 2. The van der Waals surface area contributed by atoms with Crippen LogP contribution in [-0.2, 0) is 11.3 Å². The minimum absolute atomic E-state index is 0.00501. The minimum atomic E-state index is -0.529. The lowest BCUT2D eigenvalue weighted by atomic mass is 9.91. The number of nitrogens with zero attached hydrogens (tertiary/aromatic N) is 2. The molecule has 1 fully saturated rings. The zero-order chi connectivity index (χ0) is 18.4. The smallest absolute Gasteiger partial charge is 0.407 e. The lowest BCUT2D eigenvalue weighted by Crippen LogP contribution is -2.40. The summed E-state index contributed by atoms with van der Waals surface area (Å²) in [6, 6.07) is 9.66. The van der Waals surface area contributed by atoms with Crippen molar-refractivity contribution < 1.29 is 13.9 Å². The summed E-state index contributed by atoms with van der Waals surface area (Å²) in [4.78, 5) is 19.4. The van der Waals surface area contributed by atoms with E-state index in [4.69, 9.17) is 16.3 Å². The summed E-state index contributed by atoms with van der Waals surface area (Å²) in [5.74, 6) is -0.414. The van der Waals surface area contributed by atoms with Gasteiger partial charge in [0, 0.05) is 12.1 Å². The van der Waals surface area contributed by atoms with Gasteiger partial charge in [-0.25, -0.2) is 14.2 Å². The topological polar surface area (TPSA) is 76.1 Å². The molecule has 0 unspecified atom stereocenters. The summed E-state index contributed by atoms with van der Waals surface area (Å²) in [6.45, 7) is 0.247. The highest BCUT2D eigenvalue weighted by Crippen LogP contribution is 2.23. The van der Waals surface area contributed by atoms with Crippen LogP contribution in [-0.4, -0.2) is 28.1 Å². The zero-order valence-electron chi connectivity index (χ0n) is 14.1. The molecule has 1 amide bonds. The van der Waals surface area contributed by atoms with Crippen molar-refractivity contribution in [2.45, 2.75) is 44.4 Å². The molecule has 0 spiro atoms. The van der Waals surface area contributed by atoms with E-state index in [1.165, 1.54) is 0 Å². The molecule has 6 nitrogen and oxygen atoms in total. The second-order valence-electron chi connectivity index (χ2n) is 6.23. The van der Waals surface area contributed by atoms with Crippen molar-refractivity contribution in [3.63, 3.8) is 0 Å². The van der Waals surface area contributed by atoms with Crippen molar-refractivity contribution in [1.82, 2.24) is 15.3 Å². The van der Waals surface area contributed by atoms with Gasteiger partial charge < -0.3 is 15.4 Å². The Morgan fingerprint density at radius 1 is 1.19 bits per heavy atom. The number of hydrogen-bond acceptors (Lipinski definition) is 5. The van der Waals surface area contributed by atoms with E-state index in [1.807, 2.05) is 30.3 Å². The number of carbonyl (C=O) groups is 1. The Morgan fingerprint density at radius 2 is 1.88 bits per heavy atom. The van der Waals surface area contributed by atoms with Gasteiger partial charge in [0.05, 0.1) is 6.20 Å². The van der Waals surface area contributed by atoms with Gasteiger partial charge in [-0.15, -0.1) is 0 Å². The second kappa shape index (κ2) is 8.80. The molecule has 0 bridgehead atoms. The molecule has 0 atom stereocenters. The molecular weight excluding hydrogens is 359 g/mol. The SMILES string of the molecule is O=C(NC1CCC(Nc2nc(Cl)ncc2F)CC1)OCc1ccccc1. The van der Waals surface area contributed by atoms with Crippen LogP contribution in [0, 0.1) is 5.82 Å². The monoisotopic (exact) mass is 378 g/mol. The van der Waals surface area contributed by atoms with E-state index in [0.717, 1.165) is 37.4 Å². The largest absolute Gasteiger partial charge is 0.445 e. The standard InChI is InChI=1S/C18H20ClFN4O2/c19-17-21-10-15(20)16(24-17)22-13-6-8-14(9-7-13)23-18(25)26-11-12-4-2-1-3-5-12/h1-5,10,13-14H,6-9,11H2,(H,23,25)(H,21,22,24). The molecule has 0 saturated heterocycles. The number of carbonyl (C=O) groups excluding carboxylic acids is 1. The van der Waals surface area contributed by atoms with Gasteiger partial charge in [-0.05, 0) is 42.8 Å². The molecule has 1 aromatic heterocycles. The van der Waals surface area contributed by atoms with E-state index in [-0.39, 0.29) is 29.8 Å². The first-order valence-electron chi connectivity index (χ1n) is 8.52. The molecule has 1 aromatic carbocycles. The van der Waals surface area contributed by atoms with Gasteiger partial charge in [0.15, 0.2) is 11.6 Å². The number of ether oxygens (including phenoxy) is 1. The van der Waals surface area contributed by atoms with E-state index < -0.39 is 11.9 Å². The fourth-order valence-electron chi connectivity index (χ4n) is 2.95. The first kappa shape index (κ1) is 18.4. The summed E-state index contributed by atoms with van der Waals surface area (Å²) in [5.41, 5.74) is 0.945. The third kappa shape index (κ3) is 5.29. The Hall–Kier alpha value is -2.41. The van der Waals surface area contributed by atoms with Crippen LogP contribution in [0.4, 0.5) is 15.0 Å². The summed E-state index contributed by atoms with van der Waals surface area (Å²) < 4.78 is 18.9. The van der Waals surface area contributed by atoms with Crippen LogP contribution in [0.1, 0.15) is 31.2 Å². The molecule has 2 N–H and O–H groups in total. The average Bonchev–Trinajstić information content (AvgIpc) is 2.65. The first-order valence-corrected chi connectivity index (χ1v) is 8.90. The predicted molar refractivity (Wildman–Crippen MR) is 96.4 cm³/mol. The van der Waals surface area contributed by atoms with Gasteiger partial charge in [0.25, 0.3) is 0 Å². The van der Waals surface area contributed by atoms with Crippen molar-refractivity contribution in [3.05, 3.63) is 53.2 Å². The maximum absolute atomic E-state index is 13.7. The van der Waals surface area contributed by atoms with Gasteiger partial charge in [0.1, 0.15) is 6.61 Å². The number of anilines is 1. The summed E-state index contributed by atoms with van der Waals surface area (Å²) in [7, 11) is 0. The van der Waals surface area contributed by atoms with Crippen LogP contribution in [0.3, 0.4) is 0 Å². The quantitative estimate of drug-likeness (QED) is 0.771. The van der Waals surface area contributed by atoms with Crippen LogP contribution >= 0.6 is 11.6 Å². The molecule has 1 aliphatic carbocycles. The molecule has 2 aromatic rings. The number of aromatic nitrogens is 2. The van der Waals surface area contributed by atoms with E-state index in [1.54, 1.807) is 0 Å². The second-order valence-corrected chi connectivity index (χ2v) is 6.57. The maximum Gasteiger partial charge on any atom is 0.407 e. The zero-order valence-corrected chi connectivity index (χ0v) is 14.9. The molecule has 138 valence electrons. The van der Waals surface area contributed by atoms with E-state index in [2.05, 4.69) is 20.6 Å². The van der Waals surface area contributed by atoms with E-state index in [9.17, 15) is 9.18 Å². The molecular formula is C18H20ClFN4O2. The van der Waals surface area contributed by atoms with Gasteiger partial charge in [-0.2, -0.15) is 4.98 Å². The Kier molecular flexibility index (Phi) is 6.22. The number of rotatable bonds is 5. The van der Waals surface area contributed by atoms with Crippen molar-refractivity contribution in [2.75, 3.05) is 5.32 Å². The summed E-state index contributed by atoms with van der Waals surface area (Å²) in [6.07, 6.45) is 3.75.